The molecule has 2 N–H and O–H groups in total. The molecule has 0 fully saturated rings. The average molecular weight is 354 g/mol. The molecule has 1 aromatic carbocycles. The second-order valence-electron chi connectivity index (χ2n) is 5.60. The fourth-order valence-electron chi connectivity index (χ4n) is 2.34. The first-order valence-electron chi connectivity index (χ1n) is 8.31. The number of aromatic nitrogens is 3. The Labute approximate surface area is 152 Å². The van der Waals surface area contributed by atoms with Gasteiger partial charge in [-0.05, 0) is 18.6 Å². The third kappa shape index (κ3) is 4.90. The predicted octanol–water partition coefficient (Wildman–Crippen LogP) is 5.15. The molecule has 0 bridgehead atoms. The minimum atomic E-state index is 0.434. The topological polar surface area (TPSA) is 62.7 Å². The maximum absolute atomic E-state index is 5.96. The molecule has 0 aliphatic carbocycles. The van der Waals surface area contributed by atoms with E-state index >= 15 is 0 Å². The van der Waals surface area contributed by atoms with Gasteiger partial charge in [-0.15, -0.1) is 0 Å². The molecule has 6 heteroatoms. The van der Waals surface area contributed by atoms with Gasteiger partial charge in [0.25, 0.3) is 0 Å². The molecule has 2 aromatic heterocycles. The Morgan fingerprint density at radius 2 is 1.80 bits per heavy atom. The van der Waals surface area contributed by atoms with Crippen molar-refractivity contribution in [2.24, 2.45) is 0 Å². The zero-order valence-electron chi connectivity index (χ0n) is 14.0. The van der Waals surface area contributed by atoms with Gasteiger partial charge in [-0.2, -0.15) is 0 Å². The van der Waals surface area contributed by atoms with Crippen LogP contribution < -0.4 is 10.6 Å². The highest BCUT2D eigenvalue weighted by molar-refractivity contribution is 6.29. The summed E-state index contributed by atoms with van der Waals surface area (Å²) in [5.41, 5.74) is 1.80. The molecule has 0 spiro atoms. The highest BCUT2D eigenvalue weighted by Gasteiger charge is 2.07. The highest BCUT2D eigenvalue weighted by Crippen LogP contribution is 2.23. The summed E-state index contributed by atoms with van der Waals surface area (Å²) in [6.45, 7) is 3.04. The van der Waals surface area contributed by atoms with E-state index in [9.17, 15) is 0 Å². The van der Waals surface area contributed by atoms with E-state index in [1.165, 1.54) is 0 Å². The van der Waals surface area contributed by atoms with Crippen molar-refractivity contribution in [1.82, 2.24) is 15.0 Å². The molecule has 0 aliphatic heterocycles. The van der Waals surface area contributed by atoms with Crippen molar-refractivity contribution in [2.45, 2.75) is 19.8 Å². The second kappa shape index (κ2) is 8.44. The molecule has 0 saturated carbocycles. The summed E-state index contributed by atoms with van der Waals surface area (Å²) >= 11 is 5.96. The Hall–Kier alpha value is -2.66. The number of hydrogen-bond donors (Lipinski definition) is 2. The number of benzene rings is 1. The van der Waals surface area contributed by atoms with Crippen LogP contribution >= 0.6 is 11.6 Å². The van der Waals surface area contributed by atoms with Crippen LogP contribution in [0.1, 0.15) is 19.8 Å². The summed E-state index contributed by atoms with van der Waals surface area (Å²) in [4.78, 5) is 13.3. The normalized spacial score (nSPS) is 10.5. The summed E-state index contributed by atoms with van der Waals surface area (Å²) in [6.07, 6.45) is 3.88. The van der Waals surface area contributed by atoms with Gasteiger partial charge in [0.15, 0.2) is 5.82 Å². The lowest BCUT2D eigenvalue weighted by atomic mass is 10.2. The van der Waals surface area contributed by atoms with Crippen molar-refractivity contribution in [3.63, 3.8) is 0 Å². The fraction of sp³-hybridized carbons (Fsp3) is 0.211. The number of unbranched alkanes of at least 4 members (excludes halogenated alkanes) is 1. The van der Waals surface area contributed by atoms with Gasteiger partial charge in [-0.3, -0.25) is 0 Å². The third-order valence-corrected chi connectivity index (χ3v) is 3.80. The van der Waals surface area contributed by atoms with Crippen LogP contribution in [0.2, 0.25) is 5.15 Å². The molecule has 0 unspecified atom stereocenters. The molecule has 25 heavy (non-hydrogen) atoms. The molecule has 5 nitrogen and oxygen atoms in total. The molecular weight excluding hydrogens is 334 g/mol. The lowest BCUT2D eigenvalue weighted by molar-refractivity contribution is 0.830. The van der Waals surface area contributed by atoms with E-state index in [0.717, 1.165) is 36.5 Å². The monoisotopic (exact) mass is 353 g/mol. The van der Waals surface area contributed by atoms with Gasteiger partial charge in [0.1, 0.15) is 16.8 Å². The van der Waals surface area contributed by atoms with E-state index in [-0.39, 0.29) is 0 Å². The number of halogens is 1. The van der Waals surface area contributed by atoms with Crippen LogP contribution in [0.4, 0.5) is 17.3 Å². The maximum Gasteiger partial charge on any atom is 0.163 e. The van der Waals surface area contributed by atoms with E-state index < -0.39 is 0 Å². The summed E-state index contributed by atoms with van der Waals surface area (Å²) < 4.78 is 0. The lowest BCUT2D eigenvalue weighted by Gasteiger charge is -2.11. The van der Waals surface area contributed by atoms with Crippen LogP contribution in [0.15, 0.2) is 54.7 Å². The van der Waals surface area contributed by atoms with Gasteiger partial charge in [0, 0.05) is 30.1 Å². The standard InChI is InChI=1S/C19H20ClN5/c1-2-3-10-22-17-13-18(23-15-9-11-21-16(20)12-15)25-19(24-17)14-7-5-4-6-8-14/h4-9,11-13H,2-3,10H2,1H3,(H2,21,22,23,24,25). The Bertz CT molecular complexity index is 823. The molecule has 0 radical (unpaired) electrons. The van der Waals surface area contributed by atoms with Crippen molar-refractivity contribution in [1.29, 1.82) is 0 Å². The predicted molar refractivity (Wildman–Crippen MR) is 103 cm³/mol. The maximum atomic E-state index is 5.96. The lowest BCUT2D eigenvalue weighted by Crippen LogP contribution is -2.06. The van der Waals surface area contributed by atoms with Crippen molar-refractivity contribution < 1.29 is 0 Å². The number of hydrogen-bond acceptors (Lipinski definition) is 5. The third-order valence-electron chi connectivity index (χ3n) is 3.59. The Morgan fingerprint density at radius 1 is 1.00 bits per heavy atom. The molecule has 0 aliphatic rings. The molecule has 0 atom stereocenters. The van der Waals surface area contributed by atoms with Crippen LogP contribution in [0.25, 0.3) is 11.4 Å². The largest absolute Gasteiger partial charge is 0.370 e. The smallest absolute Gasteiger partial charge is 0.163 e. The molecule has 128 valence electrons. The van der Waals surface area contributed by atoms with Gasteiger partial charge in [0.2, 0.25) is 0 Å². The number of pyridine rings is 1. The molecule has 3 aromatic rings. The van der Waals surface area contributed by atoms with Crippen LogP contribution in [0.5, 0.6) is 0 Å². The quantitative estimate of drug-likeness (QED) is 0.454. The van der Waals surface area contributed by atoms with E-state index in [1.807, 2.05) is 42.5 Å². The van der Waals surface area contributed by atoms with Gasteiger partial charge in [0.05, 0.1) is 0 Å². The Morgan fingerprint density at radius 3 is 2.56 bits per heavy atom. The summed E-state index contributed by atoms with van der Waals surface area (Å²) in [7, 11) is 0. The summed E-state index contributed by atoms with van der Waals surface area (Å²) in [5.74, 6) is 2.17. The number of anilines is 3. The number of nitrogens with zero attached hydrogens (tertiary/aromatic N) is 3. The Balaban J connectivity index is 1.91. The van der Waals surface area contributed by atoms with Crippen LogP contribution in [0.3, 0.4) is 0 Å². The first kappa shape index (κ1) is 17.2. The van der Waals surface area contributed by atoms with E-state index in [1.54, 1.807) is 12.3 Å². The molecule has 3 rings (SSSR count). The van der Waals surface area contributed by atoms with Gasteiger partial charge >= 0.3 is 0 Å². The minimum Gasteiger partial charge on any atom is -0.370 e. The van der Waals surface area contributed by atoms with E-state index in [2.05, 4.69) is 32.5 Å². The highest BCUT2D eigenvalue weighted by atomic mass is 35.5. The first-order valence-corrected chi connectivity index (χ1v) is 8.69. The van der Waals surface area contributed by atoms with E-state index in [4.69, 9.17) is 11.6 Å². The van der Waals surface area contributed by atoms with Gasteiger partial charge in [-0.25, -0.2) is 15.0 Å². The molecule has 0 amide bonds. The zero-order chi connectivity index (χ0) is 17.5. The molecule has 2 heterocycles. The van der Waals surface area contributed by atoms with Crippen LogP contribution in [-0.4, -0.2) is 21.5 Å². The van der Waals surface area contributed by atoms with Crippen molar-refractivity contribution in [3.05, 3.63) is 59.9 Å². The van der Waals surface area contributed by atoms with Crippen LogP contribution in [0, 0.1) is 0 Å². The van der Waals surface area contributed by atoms with Crippen molar-refractivity contribution in [2.75, 3.05) is 17.2 Å². The zero-order valence-corrected chi connectivity index (χ0v) is 14.8. The summed E-state index contributed by atoms with van der Waals surface area (Å²) in [5, 5.41) is 7.07. The molecule has 0 saturated heterocycles. The SMILES string of the molecule is CCCCNc1cc(Nc2ccnc(Cl)c2)nc(-c2ccccc2)n1. The van der Waals surface area contributed by atoms with Gasteiger partial charge < -0.3 is 10.6 Å². The fourth-order valence-corrected chi connectivity index (χ4v) is 2.51. The summed E-state index contributed by atoms with van der Waals surface area (Å²) in [6, 6.07) is 15.4. The molecular formula is C19H20ClN5. The second-order valence-corrected chi connectivity index (χ2v) is 5.99. The van der Waals surface area contributed by atoms with Gasteiger partial charge in [-0.1, -0.05) is 55.3 Å². The Kier molecular flexibility index (Phi) is 5.80. The van der Waals surface area contributed by atoms with Crippen molar-refractivity contribution >= 4 is 28.9 Å². The van der Waals surface area contributed by atoms with E-state index in [0.29, 0.717) is 16.8 Å². The van der Waals surface area contributed by atoms with Crippen molar-refractivity contribution in [3.8, 4) is 11.4 Å². The van der Waals surface area contributed by atoms with Crippen LogP contribution in [-0.2, 0) is 0 Å². The first-order chi connectivity index (χ1) is 12.2. The number of nitrogens with one attached hydrogen (secondary N) is 2. The average Bonchev–Trinajstić information content (AvgIpc) is 2.63. The minimum absolute atomic E-state index is 0.434. The number of rotatable bonds is 7.